The van der Waals surface area contributed by atoms with E-state index in [1.807, 2.05) is 0 Å². The quantitative estimate of drug-likeness (QED) is 0.628. The molecule has 5 nitrogen and oxygen atoms in total. The van der Waals surface area contributed by atoms with Crippen LogP contribution >= 0.6 is 27.3 Å². The van der Waals surface area contributed by atoms with E-state index in [4.69, 9.17) is 4.74 Å². The number of anilines is 1. The molecule has 1 saturated heterocycles. The van der Waals surface area contributed by atoms with Gasteiger partial charge in [0.25, 0.3) is 0 Å². The number of aromatic nitrogens is 1. The first kappa shape index (κ1) is 13.5. The number of rotatable bonds is 3. The molecule has 0 spiro atoms. The maximum atomic E-state index is 11.7. The minimum Gasteiger partial charge on any atom is -0.461 e. The first-order chi connectivity index (χ1) is 8.52. The number of hydrogen-bond acceptors (Lipinski definition) is 5. The Morgan fingerprint density at radius 2 is 2.39 bits per heavy atom. The van der Waals surface area contributed by atoms with Crippen LogP contribution < -0.4 is 4.90 Å². The van der Waals surface area contributed by atoms with Gasteiger partial charge in [-0.3, -0.25) is 9.69 Å². The average molecular weight is 333 g/mol. The van der Waals surface area contributed by atoms with Gasteiger partial charge < -0.3 is 4.74 Å². The van der Waals surface area contributed by atoms with Crippen molar-refractivity contribution in [3.8, 4) is 0 Å². The van der Waals surface area contributed by atoms with Crippen molar-refractivity contribution in [2.45, 2.75) is 25.1 Å². The summed E-state index contributed by atoms with van der Waals surface area (Å²) < 4.78 is 4.93. The number of ether oxygens (including phenoxy) is 1. The largest absolute Gasteiger partial charge is 0.461 e. The Balaban J connectivity index is 2.23. The summed E-state index contributed by atoms with van der Waals surface area (Å²) in [5, 5.41) is 0.572. The predicted molar refractivity (Wildman–Crippen MR) is 72.5 cm³/mol. The minimum absolute atomic E-state index is 0.0287. The summed E-state index contributed by atoms with van der Waals surface area (Å²) in [6, 6.07) is 0. The first-order valence-electron chi connectivity index (χ1n) is 5.62. The van der Waals surface area contributed by atoms with Crippen LogP contribution in [0.5, 0.6) is 0 Å². The highest BCUT2D eigenvalue weighted by Gasteiger charge is 2.32. The number of aryl methyl sites for hydroxylation is 1. The van der Waals surface area contributed by atoms with Crippen molar-refractivity contribution in [2.24, 2.45) is 0 Å². The lowest BCUT2D eigenvalue weighted by Crippen LogP contribution is -2.24. The summed E-state index contributed by atoms with van der Waals surface area (Å²) in [5.41, 5.74) is 0.308. The van der Waals surface area contributed by atoms with Gasteiger partial charge in [-0.15, -0.1) is 11.3 Å². The summed E-state index contributed by atoms with van der Waals surface area (Å²) in [5.74, 6) is -0.402. The lowest BCUT2D eigenvalue weighted by Gasteiger charge is -2.10. The smallest absolute Gasteiger partial charge is 0.358 e. The molecule has 0 aliphatic carbocycles. The number of carbonyl (C=O) groups is 2. The molecule has 1 aliphatic heterocycles. The Kier molecular flexibility index (Phi) is 4.01. The highest BCUT2D eigenvalue weighted by Crippen LogP contribution is 2.31. The van der Waals surface area contributed by atoms with Crippen molar-refractivity contribution in [3.63, 3.8) is 0 Å². The molecule has 1 aliphatic rings. The van der Waals surface area contributed by atoms with Crippen molar-refractivity contribution in [2.75, 3.05) is 18.1 Å². The summed E-state index contributed by atoms with van der Waals surface area (Å²) >= 11 is 4.76. The number of thiazole rings is 1. The Bertz CT molecular complexity index is 489. The second-order valence-electron chi connectivity index (χ2n) is 3.93. The summed E-state index contributed by atoms with van der Waals surface area (Å²) in [6.07, 6.45) is 0.466. The Morgan fingerprint density at radius 1 is 1.67 bits per heavy atom. The number of esters is 1. The maximum Gasteiger partial charge on any atom is 0.358 e. The number of halogens is 1. The molecule has 18 heavy (non-hydrogen) atoms. The van der Waals surface area contributed by atoms with Gasteiger partial charge in [-0.2, -0.15) is 0 Å². The number of nitrogens with zero attached hydrogens (tertiary/aromatic N) is 2. The van der Waals surface area contributed by atoms with Gasteiger partial charge in [-0.25, -0.2) is 9.78 Å². The van der Waals surface area contributed by atoms with Crippen LogP contribution in [0.15, 0.2) is 0 Å². The van der Waals surface area contributed by atoms with Crippen LogP contribution in [0.1, 0.15) is 28.7 Å². The zero-order chi connectivity index (χ0) is 13.3. The van der Waals surface area contributed by atoms with Crippen molar-refractivity contribution >= 4 is 44.3 Å². The van der Waals surface area contributed by atoms with Gasteiger partial charge >= 0.3 is 5.97 Å². The predicted octanol–water partition coefficient (Wildman–Crippen LogP) is 2.13. The van der Waals surface area contributed by atoms with E-state index < -0.39 is 5.97 Å². The molecule has 0 saturated carbocycles. The monoisotopic (exact) mass is 332 g/mol. The Labute approximate surface area is 117 Å². The topological polar surface area (TPSA) is 59.5 Å². The maximum absolute atomic E-state index is 11.7. The fraction of sp³-hybridized carbons (Fsp3) is 0.545. The van der Waals surface area contributed by atoms with E-state index in [0.29, 0.717) is 30.4 Å². The van der Waals surface area contributed by atoms with Crippen LogP contribution in [0.4, 0.5) is 5.13 Å². The molecule has 0 bridgehead atoms. The highest BCUT2D eigenvalue weighted by molar-refractivity contribution is 9.09. The summed E-state index contributed by atoms with van der Waals surface area (Å²) in [6.45, 7) is 4.46. The van der Waals surface area contributed by atoms with E-state index >= 15 is 0 Å². The van der Waals surface area contributed by atoms with E-state index in [1.54, 1.807) is 18.7 Å². The molecule has 1 amide bonds. The molecule has 0 radical (unpaired) electrons. The molecule has 0 N–H and O–H groups in total. The van der Waals surface area contributed by atoms with Crippen LogP contribution in [0, 0.1) is 6.92 Å². The van der Waals surface area contributed by atoms with Gasteiger partial charge in [0, 0.05) is 22.7 Å². The number of hydrogen-bond donors (Lipinski definition) is 0. The Hall–Kier alpha value is -0.950. The van der Waals surface area contributed by atoms with Crippen LogP contribution in [0.25, 0.3) is 0 Å². The third-order valence-electron chi connectivity index (χ3n) is 2.56. The molecule has 1 atom stereocenters. The SMILES string of the molecule is CCOC(=O)c1nc(N2CC(Br)CC2=O)sc1C. The summed E-state index contributed by atoms with van der Waals surface area (Å²) in [7, 11) is 0. The molecule has 0 aromatic carbocycles. The zero-order valence-electron chi connectivity index (χ0n) is 10.1. The van der Waals surface area contributed by atoms with Gasteiger partial charge in [-0.1, -0.05) is 15.9 Å². The molecule has 2 rings (SSSR count). The Morgan fingerprint density at radius 3 is 2.94 bits per heavy atom. The fourth-order valence-corrected chi connectivity index (χ4v) is 3.23. The molecule has 1 aromatic rings. The van der Waals surface area contributed by atoms with E-state index in [2.05, 4.69) is 20.9 Å². The molecule has 98 valence electrons. The normalized spacial score (nSPS) is 19.4. The van der Waals surface area contributed by atoms with E-state index in [-0.39, 0.29) is 10.7 Å². The van der Waals surface area contributed by atoms with Crippen molar-refractivity contribution < 1.29 is 14.3 Å². The highest BCUT2D eigenvalue weighted by atomic mass is 79.9. The van der Waals surface area contributed by atoms with Crippen LogP contribution in [-0.2, 0) is 9.53 Å². The van der Waals surface area contributed by atoms with E-state index in [9.17, 15) is 9.59 Å². The molecule has 7 heteroatoms. The van der Waals surface area contributed by atoms with Crippen molar-refractivity contribution in [3.05, 3.63) is 10.6 Å². The average Bonchev–Trinajstić information content (AvgIpc) is 2.82. The molecular formula is C11H13BrN2O3S. The minimum atomic E-state index is -0.431. The van der Waals surface area contributed by atoms with Crippen molar-refractivity contribution in [1.82, 2.24) is 4.98 Å². The standard InChI is InChI=1S/C11H13BrN2O3S/c1-3-17-10(16)9-6(2)18-11(13-9)14-5-7(12)4-8(14)15/h7H,3-5H2,1-2H3. The molecule has 1 unspecified atom stereocenters. The third-order valence-corrected chi connectivity index (χ3v) is 4.17. The molecule has 2 heterocycles. The van der Waals surface area contributed by atoms with Gasteiger partial charge in [0.1, 0.15) is 0 Å². The second kappa shape index (κ2) is 5.36. The van der Waals surface area contributed by atoms with Gasteiger partial charge in [0.2, 0.25) is 5.91 Å². The third kappa shape index (κ3) is 2.56. The van der Waals surface area contributed by atoms with Gasteiger partial charge in [0.05, 0.1) is 6.61 Å². The molecule has 1 fully saturated rings. The van der Waals surface area contributed by atoms with Crippen molar-refractivity contribution in [1.29, 1.82) is 0 Å². The van der Waals surface area contributed by atoms with Crippen LogP contribution in [-0.4, -0.2) is 34.8 Å². The van der Waals surface area contributed by atoms with Crippen LogP contribution in [0.3, 0.4) is 0 Å². The first-order valence-corrected chi connectivity index (χ1v) is 7.35. The second-order valence-corrected chi connectivity index (χ2v) is 6.40. The summed E-state index contributed by atoms with van der Waals surface area (Å²) in [4.78, 5) is 30.2. The van der Waals surface area contributed by atoms with Crippen LogP contribution in [0.2, 0.25) is 0 Å². The zero-order valence-corrected chi connectivity index (χ0v) is 12.5. The number of carbonyl (C=O) groups excluding carboxylic acids is 2. The lowest BCUT2D eigenvalue weighted by atomic mass is 10.4. The lowest BCUT2D eigenvalue weighted by molar-refractivity contribution is -0.117. The van der Waals surface area contributed by atoms with Gasteiger partial charge in [0.15, 0.2) is 10.8 Å². The fourth-order valence-electron chi connectivity index (χ4n) is 1.74. The molecular weight excluding hydrogens is 320 g/mol. The number of amides is 1. The van der Waals surface area contributed by atoms with E-state index in [0.717, 1.165) is 4.88 Å². The molecule has 1 aromatic heterocycles. The number of alkyl halides is 1. The van der Waals surface area contributed by atoms with E-state index in [1.165, 1.54) is 11.3 Å². The van der Waals surface area contributed by atoms with Gasteiger partial charge in [-0.05, 0) is 13.8 Å².